The Bertz CT molecular complexity index is 1060. The van der Waals surface area contributed by atoms with Crippen LogP contribution in [0.5, 0.6) is 11.5 Å². The molecule has 0 radical (unpaired) electrons. The predicted octanol–water partition coefficient (Wildman–Crippen LogP) is 2.77. The lowest BCUT2D eigenvalue weighted by Gasteiger charge is -2.30. The quantitative estimate of drug-likeness (QED) is 0.681. The summed E-state index contributed by atoms with van der Waals surface area (Å²) in [6.45, 7) is 6.74. The van der Waals surface area contributed by atoms with Crippen LogP contribution in [-0.2, 0) is 12.8 Å². The van der Waals surface area contributed by atoms with Gasteiger partial charge in [0.25, 0.3) is 0 Å². The third-order valence-electron chi connectivity index (χ3n) is 6.44. The van der Waals surface area contributed by atoms with Gasteiger partial charge in [0, 0.05) is 48.1 Å². The van der Waals surface area contributed by atoms with E-state index < -0.39 is 0 Å². The molecule has 0 unspecified atom stereocenters. The van der Waals surface area contributed by atoms with Crippen LogP contribution in [0.4, 0.5) is 5.69 Å². The van der Waals surface area contributed by atoms with Gasteiger partial charge in [0.15, 0.2) is 0 Å². The molecule has 0 atom stereocenters. The maximum atomic E-state index is 6.53. The van der Waals surface area contributed by atoms with Crippen molar-refractivity contribution in [3.05, 3.63) is 51.0 Å². The highest BCUT2D eigenvalue weighted by molar-refractivity contribution is 5.78. The second kappa shape index (κ2) is 5.60. The predicted molar refractivity (Wildman–Crippen MR) is 107 cm³/mol. The van der Waals surface area contributed by atoms with Crippen molar-refractivity contribution in [1.29, 1.82) is 0 Å². The number of rotatable bonds is 0. The summed E-state index contributed by atoms with van der Waals surface area (Å²) >= 11 is 0. The van der Waals surface area contributed by atoms with Gasteiger partial charge in [0.05, 0.1) is 5.56 Å². The molecule has 3 heteroatoms. The zero-order chi connectivity index (χ0) is 18.0. The fraction of sp³-hybridized carbons (Fsp3) is 0.435. The summed E-state index contributed by atoms with van der Waals surface area (Å²) in [5.41, 5.74) is 8.18. The summed E-state index contributed by atoms with van der Waals surface area (Å²) in [5, 5.41) is 2.66. The average Bonchev–Trinajstić information content (AvgIpc) is 2.63. The second-order valence-corrected chi connectivity index (χ2v) is 8.14. The molecule has 5 rings (SSSR count). The minimum absolute atomic E-state index is 1.02. The minimum atomic E-state index is 1.02. The molecule has 0 N–H and O–H groups in total. The van der Waals surface area contributed by atoms with E-state index in [-0.39, 0.29) is 0 Å². The largest absolute Gasteiger partial charge is 0.455 e. The normalized spacial score (nSPS) is 17.9. The number of anilines is 1. The molecular formula is C23H27N2O+. The number of benzene rings is 2. The Morgan fingerprint density at radius 1 is 1.04 bits per heavy atom. The van der Waals surface area contributed by atoms with Gasteiger partial charge in [-0.05, 0) is 56.4 Å². The van der Waals surface area contributed by atoms with Crippen molar-refractivity contribution in [3.63, 3.8) is 0 Å². The van der Waals surface area contributed by atoms with Crippen LogP contribution in [0.1, 0.15) is 42.0 Å². The standard InChI is InChI=1S/C23H27N2O/c1-14-18-11-16-7-5-9-24(3)20(16)13-21(18)26-23-15(2)22-17(12-19(14)23)8-6-10-25(22)4/h11-13H,5-10H2,1-4H3/q+1. The third-order valence-corrected chi connectivity index (χ3v) is 6.44. The third kappa shape index (κ3) is 2.16. The molecule has 3 heterocycles. The first-order valence-electron chi connectivity index (χ1n) is 9.82. The van der Waals surface area contributed by atoms with E-state index in [0.29, 0.717) is 0 Å². The monoisotopic (exact) mass is 347 g/mol. The summed E-state index contributed by atoms with van der Waals surface area (Å²) in [6.07, 6.45) is 4.81. The van der Waals surface area contributed by atoms with Crippen molar-refractivity contribution in [1.82, 2.24) is 4.58 Å². The van der Waals surface area contributed by atoms with E-state index in [4.69, 9.17) is 4.74 Å². The summed E-state index contributed by atoms with van der Waals surface area (Å²) in [6, 6.07) is 7.02. The summed E-state index contributed by atoms with van der Waals surface area (Å²) in [4.78, 5) is 2.36. The molecule has 0 aromatic heterocycles. The van der Waals surface area contributed by atoms with Crippen LogP contribution in [0.2, 0.25) is 0 Å². The van der Waals surface area contributed by atoms with Crippen LogP contribution in [-0.4, -0.2) is 27.2 Å². The van der Waals surface area contributed by atoms with E-state index in [2.05, 4.69) is 55.6 Å². The fourth-order valence-electron chi connectivity index (χ4n) is 5.04. The number of hydrogen-bond acceptors (Lipinski definition) is 2. The maximum absolute atomic E-state index is 6.53. The Hall–Kier alpha value is -2.29. The molecule has 0 spiro atoms. The molecule has 2 aromatic carbocycles. The van der Waals surface area contributed by atoms with Crippen LogP contribution in [0.3, 0.4) is 0 Å². The van der Waals surface area contributed by atoms with Gasteiger partial charge in [-0.15, -0.1) is 0 Å². The molecule has 0 saturated carbocycles. The highest BCUT2D eigenvalue weighted by Crippen LogP contribution is 2.40. The van der Waals surface area contributed by atoms with Crippen molar-refractivity contribution < 1.29 is 4.74 Å². The first-order chi connectivity index (χ1) is 12.5. The van der Waals surface area contributed by atoms with Gasteiger partial charge < -0.3 is 9.64 Å². The molecule has 0 aliphatic carbocycles. The van der Waals surface area contributed by atoms with E-state index in [9.17, 15) is 0 Å². The molecule has 0 amide bonds. The number of hydrogen-bond donors (Lipinski definition) is 0. The van der Waals surface area contributed by atoms with Crippen molar-refractivity contribution in [2.45, 2.75) is 39.5 Å². The van der Waals surface area contributed by atoms with Crippen LogP contribution in [0.25, 0.3) is 5.57 Å². The second-order valence-electron chi connectivity index (χ2n) is 8.14. The topological polar surface area (TPSA) is 15.5 Å². The molecule has 0 fully saturated rings. The molecule has 3 aliphatic heterocycles. The van der Waals surface area contributed by atoms with Gasteiger partial charge in [-0.25, -0.2) is 4.58 Å². The van der Waals surface area contributed by atoms with Crippen LogP contribution in [0, 0.1) is 6.92 Å². The molecule has 3 aliphatic rings. The van der Waals surface area contributed by atoms with Crippen molar-refractivity contribution in [2.75, 3.05) is 32.1 Å². The Balaban J connectivity index is 1.81. The van der Waals surface area contributed by atoms with E-state index in [1.54, 1.807) is 0 Å². The number of ether oxygens (including phenoxy) is 1. The van der Waals surface area contributed by atoms with E-state index in [1.165, 1.54) is 69.8 Å². The van der Waals surface area contributed by atoms with Crippen molar-refractivity contribution >= 4 is 11.3 Å². The Labute approximate surface area is 155 Å². The number of fused-ring (bicyclic) bond motifs is 4. The van der Waals surface area contributed by atoms with Crippen molar-refractivity contribution in [2.24, 2.45) is 0 Å². The molecule has 2 aromatic rings. The summed E-state index contributed by atoms with van der Waals surface area (Å²) in [5.74, 6) is 2.07. The van der Waals surface area contributed by atoms with Crippen LogP contribution >= 0.6 is 0 Å². The SMILES string of the molecule is CC1=c2cc3c(c(C)c2Oc2cc4c(cc21)CCCN4C)=[N+](C)CCC3. The molecule has 0 bridgehead atoms. The Kier molecular flexibility index (Phi) is 3.43. The van der Waals surface area contributed by atoms with Gasteiger partial charge in [0.2, 0.25) is 5.36 Å². The number of nitrogens with zero attached hydrogens (tertiary/aromatic N) is 2. The Morgan fingerprint density at radius 2 is 1.85 bits per heavy atom. The van der Waals surface area contributed by atoms with E-state index in [0.717, 1.165) is 24.6 Å². The first-order valence-corrected chi connectivity index (χ1v) is 9.82. The average molecular weight is 347 g/mol. The lowest BCUT2D eigenvalue weighted by atomic mass is 9.91. The minimum Gasteiger partial charge on any atom is -0.455 e. The fourth-order valence-corrected chi connectivity index (χ4v) is 5.04. The van der Waals surface area contributed by atoms with Crippen molar-refractivity contribution in [3.8, 4) is 11.5 Å². The lowest BCUT2D eigenvalue weighted by molar-refractivity contribution is 0.462. The zero-order valence-electron chi connectivity index (χ0n) is 16.3. The molecule has 134 valence electrons. The maximum Gasteiger partial charge on any atom is 0.209 e. The van der Waals surface area contributed by atoms with Crippen LogP contribution in [0.15, 0.2) is 18.2 Å². The van der Waals surface area contributed by atoms with Gasteiger partial charge in [-0.2, -0.15) is 0 Å². The highest BCUT2D eigenvalue weighted by atomic mass is 16.5. The highest BCUT2D eigenvalue weighted by Gasteiger charge is 2.26. The van der Waals surface area contributed by atoms with Gasteiger partial charge in [-0.1, -0.05) is 0 Å². The molecule has 3 nitrogen and oxygen atoms in total. The first kappa shape index (κ1) is 15.9. The molecule has 0 saturated heterocycles. The molecular weight excluding hydrogens is 320 g/mol. The Morgan fingerprint density at radius 3 is 2.69 bits per heavy atom. The van der Waals surface area contributed by atoms with Crippen LogP contribution < -0.4 is 24.8 Å². The molecule has 26 heavy (non-hydrogen) atoms. The smallest absolute Gasteiger partial charge is 0.209 e. The van der Waals surface area contributed by atoms with Gasteiger partial charge in [-0.3, -0.25) is 0 Å². The van der Waals surface area contributed by atoms with Gasteiger partial charge >= 0.3 is 0 Å². The van der Waals surface area contributed by atoms with E-state index >= 15 is 0 Å². The summed E-state index contributed by atoms with van der Waals surface area (Å²) < 4.78 is 8.93. The number of aryl methyl sites for hydroxylation is 2. The zero-order valence-corrected chi connectivity index (χ0v) is 16.3. The van der Waals surface area contributed by atoms with Gasteiger partial charge in [0.1, 0.15) is 25.1 Å². The van der Waals surface area contributed by atoms with E-state index in [1.807, 2.05) is 0 Å². The lowest BCUT2D eigenvalue weighted by Crippen LogP contribution is -2.39. The summed E-state index contributed by atoms with van der Waals surface area (Å²) in [7, 11) is 4.39.